The first-order chi connectivity index (χ1) is 9.75. The molecule has 2 N–H and O–H groups in total. The number of rotatable bonds is 1. The van der Waals surface area contributed by atoms with Gasteiger partial charge in [-0.3, -0.25) is 4.79 Å². The Morgan fingerprint density at radius 2 is 2.05 bits per heavy atom. The zero-order valence-electron chi connectivity index (χ0n) is 11.8. The van der Waals surface area contributed by atoms with Crippen LogP contribution in [0.4, 0.5) is 0 Å². The van der Waals surface area contributed by atoms with Gasteiger partial charge in [-0.1, -0.05) is 31.0 Å². The van der Waals surface area contributed by atoms with E-state index in [9.17, 15) is 4.79 Å². The minimum Gasteiger partial charge on any atom is -0.491 e. The molecule has 0 bridgehead atoms. The second kappa shape index (κ2) is 5.83. The number of hydrogen-bond donors (Lipinski definition) is 1. The Balaban J connectivity index is 1.75. The van der Waals surface area contributed by atoms with Crippen LogP contribution in [0.2, 0.25) is 0 Å². The molecule has 1 aliphatic heterocycles. The predicted molar refractivity (Wildman–Crippen MR) is 77.3 cm³/mol. The van der Waals surface area contributed by atoms with Crippen LogP contribution >= 0.6 is 0 Å². The largest absolute Gasteiger partial charge is 0.491 e. The van der Waals surface area contributed by atoms with Gasteiger partial charge in [-0.25, -0.2) is 0 Å². The molecule has 1 fully saturated rings. The van der Waals surface area contributed by atoms with Crippen molar-refractivity contribution < 1.29 is 9.53 Å². The first kappa shape index (κ1) is 13.4. The molecule has 1 aliphatic carbocycles. The van der Waals surface area contributed by atoms with Crippen molar-refractivity contribution in [3.63, 3.8) is 0 Å². The Hall–Kier alpha value is -1.55. The number of ether oxygens (including phenoxy) is 1. The molecule has 1 aromatic carbocycles. The standard InChI is InChI=1S/C16H22N2O2/c17-14-7-3-2-6-13(14)16(19)18-9-10-20-15-8-4-1-5-12(15)11-18/h1,4-5,8,13-14H,2-3,6-7,9-11,17H2. The van der Waals surface area contributed by atoms with Gasteiger partial charge in [0.1, 0.15) is 12.4 Å². The molecule has 0 aromatic heterocycles. The Morgan fingerprint density at radius 3 is 2.90 bits per heavy atom. The smallest absolute Gasteiger partial charge is 0.227 e. The number of fused-ring (bicyclic) bond motifs is 1. The van der Waals surface area contributed by atoms with Gasteiger partial charge in [-0.2, -0.15) is 0 Å². The summed E-state index contributed by atoms with van der Waals surface area (Å²) >= 11 is 0. The highest BCUT2D eigenvalue weighted by Gasteiger charge is 2.32. The second-order valence-electron chi connectivity index (χ2n) is 5.77. The number of para-hydroxylation sites is 1. The van der Waals surface area contributed by atoms with Crippen molar-refractivity contribution in [2.75, 3.05) is 13.2 Å². The van der Waals surface area contributed by atoms with E-state index in [1.807, 2.05) is 29.2 Å². The summed E-state index contributed by atoms with van der Waals surface area (Å²) in [5.41, 5.74) is 7.23. The van der Waals surface area contributed by atoms with E-state index in [0.29, 0.717) is 19.7 Å². The lowest BCUT2D eigenvalue weighted by Crippen LogP contribution is -2.46. The summed E-state index contributed by atoms with van der Waals surface area (Å²) < 4.78 is 5.72. The third-order valence-corrected chi connectivity index (χ3v) is 4.40. The van der Waals surface area contributed by atoms with E-state index in [-0.39, 0.29) is 17.9 Å². The molecule has 0 spiro atoms. The van der Waals surface area contributed by atoms with Crippen LogP contribution in [0.1, 0.15) is 31.2 Å². The number of benzene rings is 1. The van der Waals surface area contributed by atoms with E-state index in [0.717, 1.165) is 37.0 Å². The maximum Gasteiger partial charge on any atom is 0.227 e. The van der Waals surface area contributed by atoms with Crippen molar-refractivity contribution in [3.05, 3.63) is 29.8 Å². The number of nitrogens with zero attached hydrogens (tertiary/aromatic N) is 1. The molecule has 1 saturated carbocycles. The van der Waals surface area contributed by atoms with E-state index in [1.165, 1.54) is 0 Å². The quantitative estimate of drug-likeness (QED) is 0.851. The van der Waals surface area contributed by atoms with Crippen LogP contribution in [0.3, 0.4) is 0 Å². The molecule has 0 saturated heterocycles. The Labute approximate surface area is 119 Å². The van der Waals surface area contributed by atoms with Gasteiger partial charge in [-0.05, 0) is 18.9 Å². The van der Waals surface area contributed by atoms with Gasteiger partial charge in [0.05, 0.1) is 12.5 Å². The number of hydrogen-bond acceptors (Lipinski definition) is 3. The molecule has 20 heavy (non-hydrogen) atoms. The zero-order chi connectivity index (χ0) is 13.9. The van der Waals surface area contributed by atoms with Crippen molar-refractivity contribution in [2.24, 2.45) is 11.7 Å². The first-order valence-corrected chi connectivity index (χ1v) is 7.51. The number of amides is 1. The SMILES string of the molecule is NC1CCCCC1C(=O)N1CCOc2ccccc2C1. The lowest BCUT2D eigenvalue weighted by molar-refractivity contribution is -0.137. The van der Waals surface area contributed by atoms with Crippen molar-refractivity contribution in [1.82, 2.24) is 4.90 Å². The van der Waals surface area contributed by atoms with Gasteiger partial charge in [0.15, 0.2) is 0 Å². The van der Waals surface area contributed by atoms with E-state index < -0.39 is 0 Å². The summed E-state index contributed by atoms with van der Waals surface area (Å²) in [5.74, 6) is 1.10. The summed E-state index contributed by atoms with van der Waals surface area (Å²) in [7, 11) is 0. The third-order valence-electron chi connectivity index (χ3n) is 4.40. The molecule has 2 atom stereocenters. The Kier molecular flexibility index (Phi) is 3.92. The fraction of sp³-hybridized carbons (Fsp3) is 0.562. The van der Waals surface area contributed by atoms with E-state index in [4.69, 9.17) is 10.5 Å². The topological polar surface area (TPSA) is 55.6 Å². The third kappa shape index (κ3) is 2.66. The minimum atomic E-state index is -0.00554. The lowest BCUT2D eigenvalue weighted by Gasteiger charge is -2.32. The van der Waals surface area contributed by atoms with Gasteiger partial charge < -0.3 is 15.4 Å². The highest BCUT2D eigenvalue weighted by atomic mass is 16.5. The van der Waals surface area contributed by atoms with Crippen molar-refractivity contribution in [2.45, 2.75) is 38.3 Å². The lowest BCUT2D eigenvalue weighted by atomic mass is 9.84. The molecule has 108 valence electrons. The van der Waals surface area contributed by atoms with Crippen LogP contribution in [0, 0.1) is 5.92 Å². The molecule has 4 heteroatoms. The fourth-order valence-electron chi connectivity index (χ4n) is 3.21. The molecule has 2 aliphatic rings. The first-order valence-electron chi connectivity index (χ1n) is 7.51. The number of nitrogens with two attached hydrogens (primary N) is 1. The zero-order valence-corrected chi connectivity index (χ0v) is 11.8. The monoisotopic (exact) mass is 274 g/mol. The normalized spacial score (nSPS) is 26.4. The minimum absolute atomic E-state index is 0.00554. The Bertz CT molecular complexity index is 489. The number of carbonyl (C=O) groups is 1. The summed E-state index contributed by atoms with van der Waals surface area (Å²) in [6.07, 6.45) is 4.16. The molecular weight excluding hydrogens is 252 g/mol. The van der Waals surface area contributed by atoms with Crippen LogP contribution in [0.15, 0.2) is 24.3 Å². The Morgan fingerprint density at radius 1 is 1.25 bits per heavy atom. The van der Waals surface area contributed by atoms with Crippen LogP contribution in [0.5, 0.6) is 5.75 Å². The maximum atomic E-state index is 12.7. The number of carbonyl (C=O) groups excluding carboxylic acids is 1. The molecule has 1 heterocycles. The molecule has 3 rings (SSSR count). The van der Waals surface area contributed by atoms with E-state index in [1.54, 1.807) is 0 Å². The van der Waals surface area contributed by atoms with Crippen LogP contribution in [0.25, 0.3) is 0 Å². The van der Waals surface area contributed by atoms with Gasteiger partial charge >= 0.3 is 0 Å². The average molecular weight is 274 g/mol. The van der Waals surface area contributed by atoms with Gasteiger partial charge in [-0.15, -0.1) is 0 Å². The highest BCUT2D eigenvalue weighted by Crippen LogP contribution is 2.28. The van der Waals surface area contributed by atoms with Crippen LogP contribution < -0.4 is 10.5 Å². The summed E-state index contributed by atoms with van der Waals surface area (Å²) in [5, 5.41) is 0. The molecule has 1 amide bonds. The molecule has 4 nitrogen and oxygen atoms in total. The summed E-state index contributed by atoms with van der Waals surface area (Å²) in [4.78, 5) is 14.6. The fourth-order valence-corrected chi connectivity index (χ4v) is 3.21. The molecule has 2 unspecified atom stereocenters. The van der Waals surface area contributed by atoms with Crippen molar-refractivity contribution in [3.8, 4) is 5.75 Å². The molecule has 0 radical (unpaired) electrons. The van der Waals surface area contributed by atoms with E-state index in [2.05, 4.69) is 0 Å². The summed E-state index contributed by atoms with van der Waals surface area (Å²) in [6.45, 7) is 1.85. The highest BCUT2D eigenvalue weighted by molar-refractivity contribution is 5.80. The van der Waals surface area contributed by atoms with Crippen molar-refractivity contribution in [1.29, 1.82) is 0 Å². The van der Waals surface area contributed by atoms with Gasteiger partial charge in [0.2, 0.25) is 5.91 Å². The van der Waals surface area contributed by atoms with Gasteiger partial charge in [0, 0.05) is 18.2 Å². The molecular formula is C16H22N2O2. The van der Waals surface area contributed by atoms with Gasteiger partial charge in [0.25, 0.3) is 0 Å². The van der Waals surface area contributed by atoms with E-state index >= 15 is 0 Å². The maximum absolute atomic E-state index is 12.7. The average Bonchev–Trinajstić information content (AvgIpc) is 2.69. The van der Waals surface area contributed by atoms with Crippen molar-refractivity contribution >= 4 is 5.91 Å². The predicted octanol–water partition coefficient (Wildman–Crippen LogP) is 1.93. The van der Waals surface area contributed by atoms with Crippen LogP contribution in [-0.2, 0) is 11.3 Å². The summed E-state index contributed by atoms with van der Waals surface area (Å²) in [6, 6.07) is 7.98. The second-order valence-corrected chi connectivity index (χ2v) is 5.77. The van der Waals surface area contributed by atoms with Crippen LogP contribution in [-0.4, -0.2) is 30.0 Å². The molecule has 1 aromatic rings.